The van der Waals surface area contributed by atoms with Gasteiger partial charge in [-0.2, -0.15) is 0 Å². The van der Waals surface area contributed by atoms with Gasteiger partial charge in [0.05, 0.1) is 27.8 Å². The minimum atomic E-state index is -0.0588. The van der Waals surface area contributed by atoms with Crippen molar-refractivity contribution in [2.45, 2.75) is 37.6 Å². The van der Waals surface area contributed by atoms with Gasteiger partial charge in [0.2, 0.25) is 5.91 Å². The maximum atomic E-state index is 12.4. The van der Waals surface area contributed by atoms with Gasteiger partial charge in [-0.25, -0.2) is 0 Å². The van der Waals surface area contributed by atoms with Gasteiger partial charge in [0.1, 0.15) is 5.75 Å². The van der Waals surface area contributed by atoms with E-state index in [1.54, 1.807) is 21.3 Å². The quantitative estimate of drug-likeness (QED) is 0.735. The second-order valence-electron chi connectivity index (χ2n) is 7.04. The summed E-state index contributed by atoms with van der Waals surface area (Å²) in [6.45, 7) is 0. The van der Waals surface area contributed by atoms with Gasteiger partial charge in [-0.1, -0.05) is 18.2 Å². The van der Waals surface area contributed by atoms with Gasteiger partial charge in [-0.05, 0) is 61.1 Å². The molecule has 0 unspecified atom stereocenters. The molecule has 1 saturated carbocycles. The summed E-state index contributed by atoms with van der Waals surface area (Å²) in [5.74, 6) is 2.34. The van der Waals surface area contributed by atoms with Crippen LogP contribution < -0.4 is 19.5 Å². The number of rotatable bonds is 9. The third-order valence-corrected chi connectivity index (χ3v) is 5.12. The van der Waals surface area contributed by atoms with Gasteiger partial charge in [-0.15, -0.1) is 0 Å². The van der Waals surface area contributed by atoms with Gasteiger partial charge >= 0.3 is 0 Å². The lowest BCUT2D eigenvalue weighted by Gasteiger charge is -2.18. The molecular weight excluding hydrogens is 342 g/mol. The third kappa shape index (κ3) is 4.94. The van der Waals surface area contributed by atoms with E-state index in [1.165, 1.54) is 5.56 Å². The first kappa shape index (κ1) is 19.1. The molecule has 1 fully saturated rings. The maximum Gasteiger partial charge on any atom is 0.224 e. The number of nitrogens with one attached hydrogen (secondary N) is 1. The van der Waals surface area contributed by atoms with E-state index >= 15 is 0 Å². The molecule has 27 heavy (non-hydrogen) atoms. The van der Waals surface area contributed by atoms with E-state index in [1.807, 2.05) is 36.4 Å². The zero-order valence-electron chi connectivity index (χ0n) is 16.2. The van der Waals surface area contributed by atoms with Crippen LogP contribution in [0.2, 0.25) is 0 Å². The standard InChI is InChI=1S/C22H27NO4/c1-25-18-7-4-16(5-8-18)15-21(24)23-22(12-13-22)11-10-17-6-9-19(26-2)20(14-17)27-3/h4-9,14H,10-13,15H2,1-3H3,(H,23,24). The number of hydrogen-bond donors (Lipinski definition) is 1. The van der Waals surface area contributed by atoms with Crippen molar-refractivity contribution in [3.05, 3.63) is 53.6 Å². The molecule has 1 aliphatic rings. The highest BCUT2D eigenvalue weighted by molar-refractivity contribution is 5.79. The normalized spacial score (nSPS) is 14.3. The summed E-state index contributed by atoms with van der Waals surface area (Å²) in [6.07, 6.45) is 4.28. The van der Waals surface area contributed by atoms with Crippen LogP contribution in [0, 0.1) is 0 Å². The van der Waals surface area contributed by atoms with Crippen LogP contribution >= 0.6 is 0 Å². The van der Waals surface area contributed by atoms with E-state index in [-0.39, 0.29) is 11.4 Å². The maximum absolute atomic E-state index is 12.4. The molecule has 5 nitrogen and oxygen atoms in total. The van der Waals surface area contributed by atoms with Gasteiger partial charge in [-0.3, -0.25) is 4.79 Å². The number of ether oxygens (including phenoxy) is 3. The number of carbonyl (C=O) groups excluding carboxylic acids is 1. The molecule has 0 bridgehead atoms. The average Bonchev–Trinajstić information content (AvgIpc) is 3.46. The van der Waals surface area contributed by atoms with Crippen LogP contribution in [-0.4, -0.2) is 32.8 Å². The Bertz CT molecular complexity index is 781. The topological polar surface area (TPSA) is 56.8 Å². The molecule has 0 aliphatic heterocycles. The smallest absolute Gasteiger partial charge is 0.224 e. The average molecular weight is 369 g/mol. The molecule has 0 heterocycles. The molecule has 0 spiro atoms. The fourth-order valence-electron chi connectivity index (χ4n) is 3.28. The number of aryl methyl sites for hydroxylation is 1. The van der Waals surface area contributed by atoms with Crippen molar-refractivity contribution in [3.63, 3.8) is 0 Å². The van der Waals surface area contributed by atoms with Crippen molar-refractivity contribution in [1.29, 1.82) is 0 Å². The zero-order chi connectivity index (χ0) is 19.3. The van der Waals surface area contributed by atoms with E-state index in [0.717, 1.165) is 48.5 Å². The number of methoxy groups -OCH3 is 3. The molecular formula is C22H27NO4. The van der Waals surface area contributed by atoms with Crippen LogP contribution in [0.4, 0.5) is 0 Å². The summed E-state index contributed by atoms with van der Waals surface area (Å²) in [7, 11) is 4.91. The van der Waals surface area contributed by atoms with Crippen molar-refractivity contribution in [3.8, 4) is 17.2 Å². The molecule has 1 amide bonds. The molecule has 5 heteroatoms. The summed E-state index contributed by atoms with van der Waals surface area (Å²) in [5.41, 5.74) is 2.11. The number of benzene rings is 2. The van der Waals surface area contributed by atoms with Crippen LogP contribution in [0.25, 0.3) is 0 Å². The van der Waals surface area contributed by atoms with Crippen molar-refractivity contribution < 1.29 is 19.0 Å². The second kappa shape index (κ2) is 8.33. The van der Waals surface area contributed by atoms with Gasteiger partial charge in [0.25, 0.3) is 0 Å². The summed E-state index contributed by atoms with van der Waals surface area (Å²) >= 11 is 0. The van der Waals surface area contributed by atoms with Crippen LogP contribution in [0.5, 0.6) is 17.2 Å². The van der Waals surface area contributed by atoms with E-state index in [4.69, 9.17) is 14.2 Å². The lowest BCUT2D eigenvalue weighted by atomic mass is 10.0. The lowest BCUT2D eigenvalue weighted by Crippen LogP contribution is -2.38. The minimum Gasteiger partial charge on any atom is -0.497 e. The summed E-state index contributed by atoms with van der Waals surface area (Å²) in [5, 5.41) is 3.24. The van der Waals surface area contributed by atoms with Crippen LogP contribution in [0.3, 0.4) is 0 Å². The zero-order valence-corrected chi connectivity index (χ0v) is 16.2. The highest BCUT2D eigenvalue weighted by Gasteiger charge is 2.43. The van der Waals surface area contributed by atoms with Gasteiger partial charge in [0.15, 0.2) is 11.5 Å². The molecule has 1 aliphatic carbocycles. The van der Waals surface area contributed by atoms with Gasteiger partial charge < -0.3 is 19.5 Å². The molecule has 0 atom stereocenters. The first-order chi connectivity index (χ1) is 13.1. The Morgan fingerprint density at radius 2 is 1.59 bits per heavy atom. The molecule has 1 N–H and O–H groups in total. The Kier molecular flexibility index (Phi) is 5.89. The number of amides is 1. The summed E-state index contributed by atoms with van der Waals surface area (Å²) in [6, 6.07) is 13.6. The van der Waals surface area contributed by atoms with E-state index < -0.39 is 0 Å². The minimum absolute atomic E-state index is 0.0588. The predicted molar refractivity (Wildman–Crippen MR) is 105 cm³/mol. The van der Waals surface area contributed by atoms with Crippen molar-refractivity contribution >= 4 is 5.91 Å². The SMILES string of the molecule is COc1ccc(CC(=O)NC2(CCc3ccc(OC)c(OC)c3)CC2)cc1. The number of hydrogen-bond acceptors (Lipinski definition) is 4. The largest absolute Gasteiger partial charge is 0.497 e. The highest BCUT2D eigenvalue weighted by Crippen LogP contribution is 2.40. The molecule has 2 aromatic carbocycles. The predicted octanol–water partition coefficient (Wildman–Crippen LogP) is 3.54. The highest BCUT2D eigenvalue weighted by atomic mass is 16.5. The monoisotopic (exact) mass is 369 g/mol. The van der Waals surface area contributed by atoms with Crippen molar-refractivity contribution in [1.82, 2.24) is 5.32 Å². The molecule has 2 aromatic rings. The Morgan fingerprint density at radius 1 is 0.926 bits per heavy atom. The number of carbonyl (C=O) groups is 1. The molecule has 144 valence electrons. The molecule has 3 rings (SSSR count). The van der Waals surface area contributed by atoms with E-state index in [9.17, 15) is 4.79 Å². The van der Waals surface area contributed by atoms with Crippen LogP contribution in [0.15, 0.2) is 42.5 Å². The lowest BCUT2D eigenvalue weighted by molar-refractivity contribution is -0.121. The summed E-state index contributed by atoms with van der Waals surface area (Å²) < 4.78 is 15.8. The van der Waals surface area contributed by atoms with Crippen LogP contribution in [-0.2, 0) is 17.6 Å². The fourth-order valence-corrected chi connectivity index (χ4v) is 3.28. The van der Waals surface area contributed by atoms with Crippen LogP contribution in [0.1, 0.15) is 30.4 Å². The Labute approximate surface area is 160 Å². The summed E-state index contributed by atoms with van der Waals surface area (Å²) in [4.78, 5) is 12.4. The van der Waals surface area contributed by atoms with Crippen molar-refractivity contribution in [2.75, 3.05) is 21.3 Å². The van der Waals surface area contributed by atoms with Crippen molar-refractivity contribution in [2.24, 2.45) is 0 Å². The van der Waals surface area contributed by atoms with E-state index in [2.05, 4.69) is 11.4 Å². The van der Waals surface area contributed by atoms with E-state index in [0.29, 0.717) is 6.42 Å². The Hall–Kier alpha value is -2.69. The molecule has 0 radical (unpaired) electrons. The second-order valence-corrected chi connectivity index (χ2v) is 7.04. The fraction of sp³-hybridized carbons (Fsp3) is 0.409. The van der Waals surface area contributed by atoms with Gasteiger partial charge in [0, 0.05) is 5.54 Å². The molecule has 0 saturated heterocycles. The Morgan fingerprint density at radius 3 is 2.19 bits per heavy atom. The Balaban J connectivity index is 1.53. The first-order valence-corrected chi connectivity index (χ1v) is 9.22. The first-order valence-electron chi connectivity index (χ1n) is 9.22. The third-order valence-electron chi connectivity index (χ3n) is 5.12. The molecule has 0 aromatic heterocycles.